The Labute approximate surface area is 101 Å². The molecule has 1 amide bonds. The molecule has 1 fully saturated rings. The lowest BCUT2D eigenvalue weighted by molar-refractivity contribution is -0.130. The standard InChI is InChI=1S/C13H17NOS/c1-10-7-9-16-12(10)6-8-14-11(2)4-3-5-13(14)15/h7,9H,2-6,8H2,1H3. The lowest BCUT2D eigenvalue weighted by Gasteiger charge is -2.28. The Morgan fingerprint density at radius 1 is 1.50 bits per heavy atom. The van der Waals surface area contributed by atoms with Crippen LogP contribution in [-0.2, 0) is 11.2 Å². The summed E-state index contributed by atoms with van der Waals surface area (Å²) in [7, 11) is 0. The number of amides is 1. The molecule has 0 atom stereocenters. The highest BCUT2D eigenvalue weighted by molar-refractivity contribution is 7.10. The zero-order chi connectivity index (χ0) is 11.5. The van der Waals surface area contributed by atoms with Crippen LogP contribution < -0.4 is 0 Å². The summed E-state index contributed by atoms with van der Waals surface area (Å²) in [6.45, 7) is 6.89. The molecule has 0 N–H and O–H groups in total. The molecule has 86 valence electrons. The van der Waals surface area contributed by atoms with Crippen LogP contribution in [0.1, 0.15) is 29.7 Å². The minimum atomic E-state index is 0.241. The van der Waals surface area contributed by atoms with Crippen molar-refractivity contribution in [3.63, 3.8) is 0 Å². The van der Waals surface area contributed by atoms with Crippen molar-refractivity contribution < 1.29 is 4.79 Å². The van der Waals surface area contributed by atoms with Gasteiger partial charge in [0.2, 0.25) is 5.91 Å². The second kappa shape index (κ2) is 4.83. The zero-order valence-corrected chi connectivity index (χ0v) is 10.5. The van der Waals surface area contributed by atoms with Crippen LogP contribution in [0.5, 0.6) is 0 Å². The highest BCUT2D eigenvalue weighted by Gasteiger charge is 2.21. The van der Waals surface area contributed by atoms with Crippen molar-refractivity contribution in [1.29, 1.82) is 0 Å². The predicted molar refractivity (Wildman–Crippen MR) is 67.5 cm³/mol. The fourth-order valence-corrected chi connectivity index (χ4v) is 2.95. The van der Waals surface area contributed by atoms with E-state index in [0.717, 1.165) is 31.5 Å². The molecule has 1 aliphatic heterocycles. The van der Waals surface area contributed by atoms with Crippen molar-refractivity contribution >= 4 is 17.2 Å². The molecule has 2 rings (SSSR count). The number of thiophene rings is 1. The molecule has 1 saturated heterocycles. The Kier molecular flexibility index (Phi) is 3.44. The van der Waals surface area contributed by atoms with Gasteiger partial charge >= 0.3 is 0 Å². The minimum Gasteiger partial charge on any atom is -0.316 e. The van der Waals surface area contributed by atoms with Crippen LogP contribution in [0.3, 0.4) is 0 Å². The Balaban J connectivity index is 1.96. The van der Waals surface area contributed by atoms with Crippen molar-refractivity contribution in [2.24, 2.45) is 0 Å². The van der Waals surface area contributed by atoms with E-state index in [-0.39, 0.29) is 5.91 Å². The van der Waals surface area contributed by atoms with E-state index < -0.39 is 0 Å². The Morgan fingerprint density at radius 2 is 2.31 bits per heavy atom. The van der Waals surface area contributed by atoms with Gasteiger partial charge in [0, 0.05) is 30.0 Å². The molecule has 0 aromatic carbocycles. The number of hydrogen-bond donors (Lipinski definition) is 0. The van der Waals surface area contributed by atoms with Crippen LogP contribution in [0.25, 0.3) is 0 Å². The number of hydrogen-bond acceptors (Lipinski definition) is 2. The molecule has 0 unspecified atom stereocenters. The van der Waals surface area contributed by atoms with Gasteiger partial charge in [-0.05, 0) is 36.8 Å². The lowest BCUT2D eigenvalue weighted by Crippen LogP contribution is -2.34. The van der Waals surface area contributed by atoms with Gasteiger partial charge in [-0.25, -0.2) is 0 Å². The Morgan fingerprint density at radius 3 is 2.94 bits per heavy atom. The first kappa shape index (κ1) is 11.4. The molecular formula is C13H17NOS. The SMILES string of the molecule is C=C1CCCC(=O)N1CCc1sccc1C. The zero-order valence-electron chi connectivity index (χ0n) is 9.66. The maximum absolute atomic E-state index is 11.7. The highest BCUT2D eigenvalue weighted by Crippen LogP contribution is 2.22. The number of nitrogens with zero attached hydrogens (tertiary/aromatic N) is 1. The van der Waals surface area contributed by atoms with Gasteiger partial charge in [-0.1, -0.05) is 6.58 Å². The van der Waals surface area contributed by atoms with Gasteiger partial charge in [-0.3, -0.25) is 4.79 Å². The number of carbonyl (C=O) groups excluding carboxylic acids is 1. The summed E-state index contributed by atoms with van der Waals surface area (Å²) in [5.74, 6) is 0.241. The van der Waals surface area contributed by atoms with Gasteiger partial charge in [0.15, 0.2) is 0 Å². The van der Waals surface area contributed by atoms with E-state index in [0.29, 0.717) is 6.42 Å². The third kappa shape index (κ3) is 2.35. The highest BCUT2D eigenvalue weighted by atomic mass is 32.1. The van der Waals surface area contributed by atoms with Gasteiger partial charge < -0.3 is 4.90 Å². The fourth-order valence-electron chi connectivity index (χ4n) is 2.05. The summed E-state index contributed by atoms with van der Waals surface area (Å²) in [5, 5.41) is 2.11. The largest absolute Gasteiger partial charge is 0.316 e. The van der Waals surface area contributed by atoms with Crippen molar-refractivity contribution in [2.45, 2.75) is 32.6 Å². The summed E-state index contributed by atoms with van der Waals surface area (Å²) in [5.41, 5.74) is 2.32. The van der Waals surface area contributed by atoms with Gasteiger partial charge in [0.1, 0.15) is 0 Å². The third-order valence-electron chi connectivity index (χ3n) is 3.07. The third-order valence-corrected chi connectivity index (χ3v) is 4.15. The van der Waals surface area contributed by atoms with Crippen molar-refractivity contribution in [3.05, 3.63) is 34.2 Å². The Hall–Kier alpha value is -1.09. The topological polar surface area (TPSA) is 20.3 Å². The second-order valence-electron chi connectivity index (χ2n) is 4.24. The van der Waals surface area contributed by atoms with Crippen LogP contribution in [0, 0.1) is 6.92 Å². The van der Waals surface area contributed by atoms with Crippen molar-refractivity contribution in [2.75, 3.05) is 6.54 Å². The number of aryl methyl sites for hydroxylation is 1. The average molecular weight is 235 g/mol. The van der Waals surface area contributed by atoms with Gasteiger partial charge in [-0.2, -0.15) is 0 Å². The van der Waals surface area contributed by atoms with E-state index in [1.165, 1.54) is 10.4 Å². The predicted octanol–water partition coefficient (Wildman–Crippen LogP) is 3.13. The summed E-state index contributed by atoms with van der Waals surface area (Å²) >= 11 is 1.77. The second-order valence-corrected chi connectivity index (χ2v) is 5.24. The quantitative estimate of drug-likeness (QED) is 0.788. The maximum Gasteiger partial charge on any atom is 0.226 e. The average Bonchev–Trinajstić information content (AvgIpc) is 2.64. The number of piperidine rings is 1. The molecule has 1 aromatic heterocycles. The summed E-state index contributed by atoms with van der Waals surface area (Å²) < 4.78 is 0. The van der Waals surface area contributed by atoms with E-state index in [9.17, 15) is 4.79 Å². The summed E-state index contributed by atoms with van der Waals surface area (Å²) in [4.78, 5) is 15.0. The van der Waals surface area contributed by atoms with Gasteiger partial charge in [0.25, 0.3) is 0 Å². The first-order valence-corrected chi connectivity index (χ1v) is 6.57. The molecule has 3 heteroatoms. The van der Waals surface area contributed by atoms with Crippen LogP contribution in [0.4, 0.5) is 0 Å². The lowest BCUT2D eigenvalue weighted by atomic mass is 10.1. The summed E-state index contributed by atoms with van der Waals surface area (Å²) in [6, 6.07) is 2.13. The molecule has 1 aliphatic rings. The molecular weight excluding hydrogens is 218 g/mol. The van der Waals surface area contributed by atoms with E-state index in [1.54, 1.807) is 11.3 Å². The molecule has 0 aliphatic carbocycles. The van der Waals surface area contributed by atoms with Crippen molar-refractivity contribution in [1.82, 2.24) is 4.90 Å². The molecule has 0 bridgehead atoms. The van der Waals surface area contributed by atoms with Crippen LogP contribution in [0.2, 0.25) is 0 Å². The maximum atomic E-state index is 11.7. The molecule has 2 nitrogen and oxygen atoms in total. The smallest absolute Gasteiger partial charge is 0.226 e. The number of carbonyl (C=O) groups is 1. The summed E-state index contributed by atoms with van der Waals surface area (Å²) in [6.07, 6.45) is 3.57. The van der Waals surface area contributed by atoms with Gasteiger partial charge in [-0.15, -0.1) is 11.3 Å². The van der Waals surface area contributed by atoms with E-state index in [4.69, 9.17) is 0 Å². The monoisotopic (exact) mass is 235 g/mol. The fraction of sp³-hybridized carbons (Fsp3) is 0.462. The van der Waals surface area contributed by atoms with Gasteiger partial charge in [0.05, 0.1) is 0 Å². The first-order valence-electron chi connectivity index (χ1n) is 5.69. The molecule has 2 heterocycles. The van der Waals surface area contributed by atoms with Crippen LogP contribution in [-0.4, -0.2) is 17.4 Å². The number of likely N-dealkylation sites (tertiary alicyclic amines) is 1. The van der Waals surface area contributed by atoms with E-state index >= 15 is 0 Å². The number of rotatable bonds is 3. The molecule has 0 radical (unpaired) electrons. The minimum absolute atomic E-state index is 0.241. The van der Waals surface area contributed by atoms with E-state index in [2.05, 4.69) is 24.9 Å². The molecule has 16 heavy (non-hydrogen) atoms. The van der Waals surface area contributed by atoms with E-state index in [1.807, 2.05) is 4.90 Å². The first-order chi connectivity index (χ1) is 7.68. The van der Waals surface area contributed by atoms with Crippen molar-refractivity contribution in [3.8, 4) is 0 Å². The van der Waals surface area contributed by atoms with Crippen LogP contribution >= 0.6 is 11.3 Å². The number of allylic oxidation sites excluding steroid dienone is 1. The molecule has 0 saturated carbocycles. The molecule has 1 aromatic rings. The Bertz CT molecular complexity index is 392. The normalized spacial score (nSPS) is 16.9. The molecule has 0 spiro atoms. The van der Waals surface area contributed by atoms with Crippen LogP contribution in [0.15, 0.2) is 23.7 Å².